The number of aliphatic hydroxyl groups is 1. The number of halogens is 2. The van der Waals surface area contributed by atoms with Crippen LogP contribution in [0.25, 0.3) is 0 Å². The molecule has 0 radical (unpaired) electrons. The highest BCUT2D eigenvalue weighted by molar-refractivity contribution is 6.42. The summed E-state index contributed by atoms with van der Waals surface area (Å²) in [6, 6.07) is 5.41. The van der Waals surface area contributed by atoms with E-state index in [1.807, 2.05) is 12.1 Å². The number of hydrogen-bond acceptors (Lipinski definition) is 2. The number of hydrogen-bond donors (Lipinski definition) is 2. The van der Waals surface area contributed by atoms with Crippen LogP contribution in [0.2, 0.25) is 10.0 Å². The summed E-state index contributed by atoms with van der Waals surface area (Å²) in [6.07, 6.45) is -0.531. The second-order valence-corrected chi connectivity index (χ2v) is 5.62. The maximum Gasteiger partial charge on any atom is 0.317 e. The molecule has 1 aliphatic heterocycles. The summed E-state index contributed by atoms with van der Waals surface area (Å²) in [4.78, 5) is 13.4. The molecule has 2 N–H and O–H groups in total. The average Bonchev–Trinajstić information content (AvgIpc) is 2.29. The molecule has 0 spiro atoms. The van der Waals surface area contributed by atoms with E-state index in [2.05, 4.69) is 5.32 Å². The van der Waals surface area contributed by atoms with Gasteiger partial charge in [-0.25, -0.2) is 4.79 Å². The van der Waals surface area contributed by atoms with E-state index in [9.17, 15) is 4.79 Å². The third-order valence-corrected chi connectivity index (χ3v) is 3.87. The smallest absolute Gasteiger partial charge is 0.317 e. The first kappa shape index (κ1) is 14.4. The van der Waals surface area contributed by atoms with Gasteiger partial charge in [-0.05, 0) is 24.6 Å². The summed E-state index contributed by atoms with van der Waals surface area (Å²) in [5.41, 5.74) is 1.09. The van der Waals surface area contributed by atoms with Crippen LogP contribution in [0.5, 0.6) is 0 Å². The SMILES string of the molecule is CC(O)CNC(=O)N1CC(c2ccc(Cl)c(Cl)c2)C1. The number of urea groups is 1. The number of nitrogens with one attached hydrogen (secondary N) is 1. The molecule has 1 aliphatic rings. The van der Waals surface area contributed by atoms with E-state index in [0.29, 0.717) is 29.1 Å². The number of aliphatic hydroxyl groups excluding tert-OH is 1. The van der Waals surface area contributed by atoms with E-state index in [-0.39, 0.29) is 12.6 Å². The summed E-state index contributed by atoms with van der Waals surface area (Å²) in [6.45, 7) is 3.22. The first-order valence-electron chi connectivity index (χ1n) is 6.13. The Morgan fingerprint density at radius 1 is 1.47 bits per heavy atom. The Kier molecular flexibility index (Phi) is 4.55. The van der Waals surface area contributed by atoms with Crippen LogP contribution < -0.4 is 5.32 Å². The van der Waals surface area contributed by atoms with E-state index >= 15 is 0 Å². The van der Waals surface area contributed by atoms with Gasteiger partial charge >= 0.3 is 6.03 Å². The molecular weight excluding hydrogens is 287 g/mol. The Morgan fingerprint density at radius 2 is 2.16 bits per heavy atom. The van der Waals surface area contributed by atoms with Gasteiger partial charge in [0.25, 0.3) is 0 Å². The largest absolute Gasteiger partial charge is 0.392 e. The van der Waals surface area contributed by atoms with Crippen molar-refractivity contribution in [2.24, 2.45) is 0 Å². The fourth-order valence-corrected chi connectivity index (χ4v) is 2.27. The highest BCUT2D eigenvalue weighted by Crippen LogP contribution is 2.31. The normalized spacial score (nSPS) is 16.9. The monoisotopic (exact) mass is 302 g/mol. The van der Waals surface area contributed by atoms with Crippen LogP contribution in [0.3, 0.4) is 0 Å². The van der Waals surface area contributed by atoms with Crippen LogP contribution in [-0.2, 0) is 0 Å². The lowest BCUT2D eigenvalue weighted by atomic mass is 9.92. The third kappa shape index (κ3) is 3.53. The number of amides is 2. The predicted octanol–water partition coefficient (Wildman–Crippen LogP) is 2.48. The zero-order valence-electron chi connectivity index (χ0n) is 10.6. The maximum absolute atomic E-state index is 11.7. The highest BCUT2D eigenvalue weighted by Gasteiger charge is 2.31. The molecule has 6 heteroatoms. The second-order valence-electron chi connectivity index (χ2n) is 4.81. The summed E-state index contributed by atoms with van der Waals surface area (Å²) in [7, 11) is 0. The van der Waals surface area contributed by atoms with Gasteiger partial charge in [0.15, 0.2) is 0 Å². The fraction of sp³-hybridized carbons (Fsp3) is 0.462. The standard InChI is InChI=1S/C13H16Cl2N2O2/c1-8(18)5-16-13(19)17-6-10(7-17)9-2-3-11(14)12(15)4-9/h2-4,8,10,18H,5-7H2,1H3,(H,16,19). The van der Waals surface area contributed by atoms with Gasteiger partial charge in [-0.2, -0.15) is 0 Å². The molecule has 2 rings (SSSR count). The van der Waals surface area contributed by atoms with Gasteiger partial charge in [0.05, 0.1) is 16.1 Å². The van der Waals surface area contributed by atoms with E-state index < -0.39 is 6.10 Å². The van der Waals surface area contributed by atoms with Crippen molar-refractivity contribution in [2.45, 2.75) is 18.9 Å². The number of nitrogens with zero attached hydrogens (tertiary/aromatic N) is 1. The van der Waals surface area contributed by atoms with E-state index in [0.717, 1.165) is 5.56 Å². The van der Waals surface area contributed by atoms with Crippen molar-refractivity contribution >= 4 is 29.2 Å². The molecule has 104 valence electrons. The third-order valence-electron chi connectivity index (χ3n) is 3.13. The Balaban J connectivity index is 1.85. The van der Waals surface area contributed by atoms with E-state index in [1.54, 1.807) is 17.9 Å². The van der Waals surface area contributed by atoms with Crippen molar-refractivity contribution in [1.82, 2.24) is 10.2 Å². The Bertz CT molecular complexity index is 474. The first-order valence-corrected chi connectivity index (χ1v) is 6.88. The molecule has 1 aromatic rings. The molecule has 0 bridgehead atoms. The molecule has 1 aromatic carbocycles. The first-order chi connectivity index (χ1) is 8.97. The summed E-state index contributed by atoms with van der Waals surface area (Å²) < 4.78 is 0. The van der Waals surface area contributed by atoms with Crippen LogP contribution in [-0.4, -0.2) is 41.8 Å². The predicted molar refractivity (Wildman–Crippen MR) is 75.9 cm³/mol. The van der Waals surface area contributed by atoms with Crippen molar-refractivity contribution in [3.63, 3.8) is 0 Å². The number of benzene rings is 1. The summed E-state index contributed by atoms with van der Waals surface area (Å²) >= 11 is 11.8. The summed E-state index contributed by atoms with van der Waals surface area (Å²) in [5.74, 6) is 0.298. The highest BCUT2D eigenvalue weighted by atomic mass is 35.5. The van der Waals surface area contributed by atoms with Crippen molar-refractivity contribution < 1.29 is 9.90 Å². The number of carbonyl (C=O) groups is 1. The zero-order chi connectivity index (χ0) is 14.0. The van der Waals surface area contributed by atoms with Crippen molar-refractivity contribution in [3.8, 4) is 0 Å². The van der Waals surface area contributed by atoms with Gasteiger partial charge in [-0.15, -0.1) is 0 Å². The molecule has 19 heavy (non-hydrogen) atoms. The minimum Gasteiger partial charge on any atom is -0.392 e. The van der Waals surface area contributed by atoms with Crippen LogP contribution in [0.1, 0.15) is 18.4 Å². The van der Waals surface area contributed by atoms with Gasteiger partial charge < -0.3 is 15.3 Å². The van der Waals surface area contributed by atoms with Crippen LogP contribution >= 0.6 is 23.2 Å². The second kappa shape index (κ2) is 5.99. The molecule has 4 nitrogen and oxygen atoms in total. The van der Waals surface area contributed by atoms with Gasteiger partial charge in [0, 0.05) is 25.6 Å². The number of rotatable bonds is 3. The maximum atomic E-state index is 11.7. The van der Waals surface area contributed by atoms with E-state index in [4.69, 9.17) is 28.3 Å². The minimum atomic E-state index is -0.531. The molecule has 1 heterocycles. The number of carbonyl (C=O) groups excluding carboxylic acids is 1. The topological polar surface area (TPSA) is 52.6 Å². The molecule has 1 unspecified atom stereocenters. The molecule has 1 saturated heterocycles. The Morgan fingerprint density at radius 3 is 2.74 bits per heavy atom. The molecule has 1 fully saturated rings. The molecule has 1 atom stereocenters. The van der Waals surface area contributed by atoms with Crippen LogP contribution in [0, 0.1) is 0 Å². The lowest BCUT2D eigenvalue weighted by molar-refractivity contribution is 0.141. The van der Waals surface area contributed by atoms with Crippen molar-refractivity contribution in [2.75, 3.05) is 19.6 Å². The van der Waals surface area contributed by atoms with Gasteiger partial charge in [0.1, 0.15) is 0 Å². The minimum absolute atomic E-state index is 0.141. The molecule has 2 amide bonds. The Hall–Kier alpha value is -0.970. The van der Waals surface area contributed by atoms with Crippen molar-refractivity contribution in [3.05, 3.63) is 33.8 Å². The lowest BCUT2D eigenvalue weighted by Gasteiger charge is -2.39. The van der Waals surface area contributed by atoms with Crippen molar-refractivity contribution in [1.29, 1.82) is 0 Å². The zero-order valence-corrected chi connectivity index (χ0v) is 12.1. The number of likely N-dealkylation sites (tertiary alicyclic amines) is 1. The molecular formula is C13H16Cl2N2O2. The van der Waals surface area contributed by atoms with Gasteiger partial charge in [-0.1, -0.05) is 29.3 Å². The fourth-order valence-electron chi connectivity index (χ4n) is 1.97. The van der Waals surface area contributed by atoms with Gasteiger partial charge in [-0.3, -0.25) is 0 Å². The molecule has 0 saturated carbocycles. The average molecular weight is 303 g/mol. The summed E-state index contributed by atoms with van der Waals surface area (Å²) in [5, 5.41) is 12.8. The molecule has 0 aromatic heterocycles. The van der Waals surface area contributed by atoms with Crippen LogP contribution in [0.4, 0.5) is 4.79 Å². The van der Waals surface area contributed by atoms with Gasteiger partial charge in [0.2, 0.25) is 0 Å². The molecule has 0 aliphatic carbocycles. The van der Waals surface area contributed by atoms with Crippen LogP contribution in [0.15, 0.2) is 18.2 Å². The van der Waals surface area contributed by atoms with E-state index in [1.165, 1.54) is 0 Å². The lowest BCUT2D eigenvalue weighted by Crippen LogP contribution is -2.53. The quantitative estimate of drug-likeness (QED) is 0.901. The Labute approximate surface area is 122 Å².